The van der Waals surface area contributed by atoms with Crippen LogP contribution in [-0.4, -0.2) is 37.4 Å². The topological polar surface area (TPSA) is 43.6 Å². The van der Waals surface area contributed by atoms with Gasteiger partial charge in [0.1, 0.15) is 6.73 Å². The van der Waals surface area contributed by atoms with E-state index >= 15 is 0 Å². The molecule has 0 saturated carbocycles. The number of rotatable bonds is 2. The van der Waals surface area contributed by atoms with Crippen LogP contribution in [0.5, 0.6) is 0 Å². The van der Waals surface area contributed by atoms with Gasteiger partial charge in [-0.05, 0) is 6.92 Å². The summed E-state index contributed by atoms with van der Waals surface area (Å²) in [6, 6.07) is 0.0433. The van der Waals surface area contributed by atoms with Crippen molar-refractivity contribution in [1.29, 1.82) is 0 Å². The van der Waals surface area contributed by atoms with Crippen LogP contribution >= 0.6 is 0 Å². The fourth-order valence-corrected chi connectivity index (χ4v) is 0.910. The number of urea groups is 1. The molecule has 57 valence electrons. The molecule has 0 aromatic heterocycles. The first-order chi connectivity index (χ1) is 4.75. The Morgan fingerprint density at radius 3 is 3.00 bits per heavy atom. The second-order valence-corrected chi connectivity index (χ2v) is 2.36. The summed E-state index contributed by atoms with van der Waals surface area (Å²) in [6.45, 7) is 2.90. The van der Waals surface area contributed by atoms with E-state index in [2.05, 4.69) is 5.32 Å². The molecule has 1 aliphatic rings. The van der Waals surface area contributed by atoms with E-state index in [-0.39, 0.29) is 12.1 Å². The minimum Gasteiger partial charge on any atom is -0.364 e. The highest BCUT2D eigenvalue weighted by Crippen LogP contribution is 2.06. The summed E-state index contributed by atoms with van der Waals surface area (Å²) in [7, 11) is 1.57. The van der Waals surface area contributed by atoms with Crippen molar-refractivity contribution in [3.8, 4) is 0 Å². The molecule has 0 bridgehead atoms. The molecule has 4 nitrogen and oxygen atoms in total. The lowest BCUT2D eigenvalue weighted by atomic mass is 10.3. The number of methoxy groups -OCH3 is 1. The molecule has 0 aromatic rings. The summed E-state index contributed by atoms with van der Waals surface area (Å²) < 4.78 is 4.81. The molecule has 1 radical (unpaired) electrons. The monoisotopic (exact) mass is 143 g/mol. The smallest absolute Gasteiger partial charge is 0.341 e. The van der Waals surface area contributed by atoms with Crippen molar-refractivity contribution in [3.05, 3.63) is 0 Å². The number of nitrogens with zero attached hydrogens (tertiary/aromatic N) is 2. The Hall–Kier alpha value is -0.770. The highest BCUT2D eigenvalue weighted by molar-refractivity contribution is 5.76. The zero-order chi connectivity index (χ0) is 7.56. The van der Waals surface area contributed by atoms with Gasteiger partial charge in [0.05, 0.1) is 12.6 Å². The minimum atomic E-state index is -0.158. The van der Waals surface area contributed by atoms with Gasteiger partial charge in [0.25, 0.3) is 0 Å². The molecule has 10 heavy (non-hydrogen) atoms. The van der Waals surface area contributed by atoms with Crippen LogP contribution in [0.1, 0.15) is 6.92 Å². The number of hydrogen-bond donors (Lipinski definition) is 0. The first kappa shape index (κ1) is 7.34. The maximum atomic E-state index is 10.9. The summed E-state index contributed by atoms with van der Waals surface area (Å²) in [5.41, 5.74) is 0. The lowest BCUT2D eigenvalue weighted by Crippen LogP contribution is -2.33. The van der Waals surface area contributed by atoms with Crippen molar-refractivity contribution in [2.24, 2.45) is 0 Å². The van der Waals surface area contributed by atoms with Gasteiger partial charge in [-0.25, -0.2) is 10.1 Å². The molecular formula is C6H11N2O2. The van der Waals surface area contributed by atoms with Crippen LogP contribution in [0.3, 0.4) is 0 Å². The highest BCUT2D eigenvalue weighted by atomic mass is 16.5. The van der Waals surface area contributed by atoms with Crippen LogP contribution in [0.15, 0.2) is 0 Å². The zero-order valence-electron chi connectivity index (χ0n) is 6.20. The van der Waals surface area contributed by atoms with Gasteiger partial charge >= 0.3 is 6.03 Å². The van der Waals surface area contributed by atoms with E-state index in [0.717, 1.165) is 0 Å². The molecule has 0 aromatic carbocycles. The fraction of sp³-hybridized carbons (Fsp3) is 0.833. The van der Waals surface area contributed by atoms with Gasteiger partial charge in [-0.1, -0.05) is 0 Å². The first-order valence-electron chi connectivity index (χ1n) is 3.22. The Balaban J connectivity index is 2.46. The summed E-state index contributed by atoms with van der Waals surface area (Å²) in [6.07, 6.45) is 0. The predicted octanol–water partition coefficient (Wildman–Crippen LogP) is 0.0188. The number of hydrogen-bond acceptors (Lipinski definition) is 2. The van der Waals surface area contributed by atoms with Gasteiger partial charge in [-0.3, -0.25) is 4.90 Å². The van der Waals surface area contributed by atoms with Crippen LogP contribution in [0.25, 0.3) is 0 Å². The molecule has 1 aliphatic heterocycles. The Morgan fingerprint density at radius 1 is 1.90 bits per heavy atom. The quantitative estimate of drug-likeness (QED) is 0.547. The molecule has 1 atom stereocenters. The van der Waals surface area contributed by atoms with E-state index < -0.39 is 0 Å². The van der Waals surface area contributed by atoms with Crippen molar-refractivity contribution in [1.82, 2.24) is 10.2 Å². The first-order valence-corrected chi connectivity index (χ1v) is 3.22. The molecule has 0 aliphatic carbocycles. The van der Waals surface area contributed by atoms with E-state index in [1.807, 2.05) is 6.92 Å². The van der Waals surface area contributed by atoms with Crippen LogP contribution in [0, 0.1) is 0 Å². The molecule has 1 saturated heterocycles. The molecule has 2 amide bonds. The molecule has 4 heteroatoms. The van der Waals surface area contributed by atoms with E-state index in [1.165, 1.54) is 0 Å². The second-order valence-electron chi connectivity index (χ2n) is 2.36. The lowest BCUT2D eigenvalue weighted by molar-refractivity contribution is 0.0797. The van der Waals surface area contributed by atoms with Gasteiger partial charge in [-0.2, -0.15) is 0 Å². The predicted molar refractivity (Wildman–Crippen MR) is 35.6 cm³/mol. The molecule has 1 rings (SSSR count). The number of carbonyl (C=O) groups is 1. The van der Waals surface area contributed by atoms with Gasteiger partial charge < -0.3 is 4.74 Å². The van der Waals surface area contributed by atoms with Gasteiger partial charge in [0.2, 0.25) is 0 Å². The third kappa shape index (κ3) is 1.21. The fourth-order valence-electron chi connectivity index (χ4n) is 0.910. The van der Waals surface area contributed by atoms with Gasteiger partial charge in [0.15, 0.2) is 0 Å². The second kappa shape index (κ2) is 2.88. The van der Waals surface area contributed by atoms with E-state index in [0.29, 0.717) is 13.3 Å². The minimum absolute atomic E-state index is 0.158. The maximum absolute atomic E-state index is 10.9. The third-order valence-corrected chi connectivity index (χ3v) is 1.54. The molecule has 1 heterocycles. The SMILES string of the molecule is COCN1C(=O)[N]CC1C. The van der Waals surface area contributed by atoms with E-state index in [9.17, 15) is 4.79 Å². The normalized spacial score (nSPS) is 25.2. The number of carbonyl (C=O) groups excluding carboxylic acids is 1. The standard InChI is InChI=1S/C6H11N2O2/c1-5-3-7-6(9)8(5)4-10-2/h5H,3-4H2,1-2H3. The van der Waals surface area contributed by atoms with E-state index in [4.69, 9.17) is 4.74 Å². The van der Waals surface area contributed by atoms with Crippen LogP contribution in [0.2, 0.25) is 0 Å². The van der Waals surface area contributed by atoms with Crippen molar-refractivity contribution >= 4 is 6.03 Å². The Morgan fingerprint density at radius 2 is 2.60 bits per heavy atom. The average molecular weight is 143 g/mol. The van der Waals surface area contributed by atoms with Gasteiger partial charge in [0, 0.05) is 7.11 Å². The van der Waals surface area contributed by atoms with Crippen molar-refractivity contribution < 1.29 is 9.53 Å². The molecular weight excluding hydrogens is 132 g/mol. The summed E-state index contributed by atoms with van der Waals surface area (Å²) in [4.78, 5) is 12.5. The van der Waals surface area contributed by atoms with Crippen molar-refractivity contribution in [3.63, 3.8) is 0 Å². The largest absolute Gasteiger partial charge is 0.364 e. The molecule has 1 unspecified atom stereocenters. The molecule has 0 spiro atoms. The Kier molecular flexibility index (Phi) is 2.11. The zero-order valence-corrected chi connectivity index (χ0v) is 6.20. The molecule has 1 fully saturated rings. The molecule has 0 N–H and O–H groups in total. The summed E-state index contributed by atoms with van der Waals surface area (Å²) in [5, 5.41) is 3.72. The highest BCUT2D eigenvalue weighted by Gasteiger charge is 2.27. The summed E-state index contributed by atoms with van der Waals surface area (Å²) in [5.74, 6) is 0. The maximum Gasteiger partial charge on any atom is 0.341 e. The van der Waals surface area contributed by atoms with Crippen molar-refractivity contribution in [2.75, 3.05) is 20.4 Å². The third-order valence-electron chi connectivity index (χ3n) is 1.54. The van der Waals surface area contributed by atoms with Crippen molar-refractivity contribution in [2.45, 2.75) is 13.0 Å². The van der Waals surface area contributed by atoms with Crippen LogP contribution in [0.4, 0.5) is 4.79 Å². The van der Waals surface area contributed by atoms with E-state index in [1.54, 1.807) is 12.0 Å². The van der Waals surface area contributed by atoms with Gasteiger partial charge in [-0.15, -0.1) is 0 Å². The van der Waals surface area contributed by atoms with Crippen LogP contribution in [-0.2, 0) is 4.74 Å². The average Bonchev–Trinajstić information content (AvgIpc) is 2.20. The lowest BCUT2D eigenvalue weighted by Gasteiger charge is -2.17. The summed E-state index contributed by atoms with van der Waals surface area (Å²) >= 11 is 0. The number of amides is 2. The number of ether oxygens (including phenoxy) is 1. The Bertz CT molecular complexity index is 138. The van der Waals surface area contributed by atoms with Crippen LogP contribution < -0.4 is 5.32 Å². The Labute approximate surface area is 60.1 Å².